The number of amides is 4. The van der Waals surface area contributed by atoms with Crippen LogP contribution in [0.15, 0.2) is 60.9 Å². The number of carboxylic acid groups (broad SMARTS) is 1. The van der Waals surface area contributed by atoms with E-state index in [1.54, 1.807) is 11.1 Å². The molecule has 4 aromatic rings. The predicted octanol–water partition coefficient (Wildman–Crippen LogP) is 6.28. The second-order valence-corrected chi connectivity index (χ2v) is 14.9. The Morgan fingerprint density at radius 2 is 1.30 bits per heavy atom. The van der Waals surface area contributed by atoms with Crippen LogP contribution in [0, 0.1) is 11.8 Å². The lowest BCUT2D eigenvalue weighted by Gasteiger charge is -2.29. The molecule has 2 aliphatic heterocycles. The minimum atomic E-state index is -1.21. The minimum absolute atomic E-state index is 0.0445. The molecule has 284 valence electrons. The van der Waals surface area contributed by atoms with E-state index in [0.29, 0.717) is 25.3 Å². The number of carbonyl (C=O) groups is 4. The number of benzene rings is 2. The van der Waals surface area contributed by atoms with E-state index in [4.69, 9.17) is 9.72 Å². The van der Waals surface area contributed by atoms with Gasteiger partial charge in [-0.15, -0.1) is 0 Å². The second-order valence-electron chi connectivity index (χ2n) is 14.9. The first-order valence-electron chi connectivity index (χ1n) is 18.9. The number of aromatic nitrogens is 4. The molecule has 2 aromatic carbocycles. The highest BCUT2D eigenvalue weighted by atomic mass is 16.5. The summed E-state index contributed by atoms with van der Waals surface area (Å²) >= 11 is 0. The van der Waals surface area contributed by atoms with Crippen molar-refractivity contribution in [2.45, 2.75) is 83.0 Å². The molecule has 0 bridgehead atoms. The molecule has 4 amide bonds. The standard InChI is InChI=1S/C40H48N8O6/c1-23(2)34(46-39(51)52)38(50)48-19-5-7-33(48)36-42-22-31(45-36)27-14-10-25(11-15-27)24-8-12-26(13-9-24)30-21-41-35(44-30)32-6-4-18-47(32)37(49)28-16-17-29(20-28)43-40(53)54-3/h8-15,21-23,28-29,32-34,46H,4-7,16-20H2,1-3H3,(H,41,44)(H,42,45)(H,43,53)(H,51,52)/t28-,29+,32+,33+,34+/m1/s1. The molecule has 2 saturated heterocycles. The highest BCUT2D eigenvalue weighted by molar-refractivity contribution is 5.86. The van der Waals surface area contributed by atoms with Gasteiger partial charge in [0.05, 0.1) is 43.0 Å². The zero-order valence-corrected chi connectivity index (χ0v) is 30.9. The summed E-state index contributed by atoms with van der Waals surface area (Å²) in [4.78, 5) is 69.8. The number of imidazole rings is 2. The Morgan fingerprint density at radius 3 is 1.81 bits per heavy atom. The first-order chi connectivity index (χ1) is 26.1. The molecule has 14 heteroatoms. The summed E-state index contributed by atoms with van der Waals surface area (Å²) in [5.74, 6) is 1.09. The summed E-state index contributed by atoms with van der Waals surface area (Å²) in [6, 6.07) is 15.3. The zero-order valence-electron chi connectivity index (χ0n) is 30.9. The SMILES string of the molecule is COC(=O)N[C@H]1CC[C@@H](C(=O)N2CCC[C@H]2c2ncc(-c3ccc(-c4ccc(-c5cnc([C@@H]6CCCN6C(=O)[C@@H](NC(=O)O)C(C)C)[nH]5)cc4)cc3)[nH]2)C1. The number of likely N-dealkylation sites (tertiary alicyclic amines) is 2. The van der Waals surface area contributed by atoms with E-state index in [-0.39, 0.29) is 41.8 Å². The fraction of sp³-hybridized carbons (Fsp3) is 0.450. The lowest BCUT2D eigenvalue weighted by Crippen LogP contribution is -2.50. The van der Waals surface area contributed by atoms with Crippen LogP contribution in [-0.2, 0) is 14.3 Å². The van der Waals surface area contributed by atoms with Crippen LogP contribution in [0.5, 0.6) is 0 Å². The van der Waals surface area contributed by atoms with E-state index in [9.17, 15) is 24.3 Å². The van der Waals surface area contributed by atoms with Crippen LogP contribution in [0.4, 0.5) is 9.59 Å². The first kappa shape index (κ1) is 36.7. The number of H-pyrrole nitrogens is 2. The van der Waals surface area contributed by atoms with Gasteiger partial charge in [-0.2, -0.15) is 0 Å². The first-order valence-corrected chi connectivity index (χ1v) is 18.9. The zero-order chi connectivity index (χ0) is 37.9. The predicted molar refractivity (Wildman–Crippen MR) is 201 cm³/mol. The highest BCUT2D eigenvalue weighted by Gasteiger charge is 2.40. The van der Waals surface area contributed by atoms with Crippen molar-refractivity contribution in [2.75, 3.05) is 20.2 Å². The van der Waals surface area contributed by atoms with Gasteiger partial charge < -0.3 is 40.2 Å². The van der Waals surface area contributed by atoms with Gasteiger partial charge in [0.25, 0.3) is 0 Å². The van der Waals surface area contributed by atoms with E-state index >= 15 is 0 Å². The summed E-state index contributed by atoms with van der Waals surface area (Å²) < 4.78 is 4.73. The van der Waals surface area contributed by atoms with Gasteiger partial charge in [0, 0.05) is 25.0 Å². The number of methoxy groups -OCH3 is 1. The fourth-order valence-corrected chi connectivity index (χ4v) is 8.24. The Bertz CT molecular complexity index is 1970. The maximum absolute atomic E-state index is 13.5. The molecule has 14 nitrogen and oxygen atoms in total. The van der Waals surface area contributed by atoms with Crippen LogP contribution >= 0.6 is 0 Å². The van der Waals surface area contributed by atoms with Gasteiger partial charge >= 0.3 is 12.2 Å². The number of ether oxygens (including phenoxy) is 1. The molecule has 54 heavy (non-hydrogen) atoms. The van der Waals surface area contributed by atoms with Crippen molar-refractivity contribution in [3.63, 3.8) is 0 Å². The number of alkyl carbamates (subject to hydrolysis) is 1. The molecule has 4 heterocycles. The van der Waals surface area contributed by atoms with Crippen LogP contribution in [0.1, 0.15) is 82.5 Å². The third-order valence-electron chi connectivity index (χ3n) is 11.1. The largest absolute Gasteiger partial charge is 0.465 e. The smallest absolute Gasteiger partial charge is 0.407 e. The number of nitrogens with zero attached hydrogens (tertiary/aromatic N) is 4. The fourth-order valence-electron chi connectivity index (χ4n) is 8.24. The van der Waals surface area contributed by atoms with Crippen LogP contribution in [-0.4, -0.2) is 91.1 Å². The van der Waals surface area contributed by atoms with Crippen LogP contribution in [0.3, 0.4) is 0 Å². The molecule has 3 aliphatic rings. The average molecular weight is 737 g/mol. The molecular weight excluding hydrogens is 688 g/mol. The van der Waals surface area contributed by atoms with Crippen molar-refractivity contribution < 1.29 is 29.0 Å². The Morgan fingerprint density at radius 1 is 0.778 bits per heavy atom. The molecule has 5 atom stereocenters. The topological polar surface area (TPSA) is 186 Å². The van der Waals surface area contributed by atoms with Crippen molar-refractivity contribution in [1.82, 2.24) is 40.4 Å². The van der Waals surface area contributed by atoms with E-state index in [1.807, 2.05) is 37.1 Å². The van der Waals surface area contributed by atoms with Crippen LogP contribution in [0.25, 0.3) is 33.6 Å². The van der Waals surface area contributed by atoms with E-state index < -0.39 is 18.2 Å². The molecule has 5 N–H and O–H groups in total. The summed E-state index contributed by atoms with van der Waals surface area (Å²) in [7, 11) is 1.35. The van der Waals surface area contributed by atoms with Crippen molar-refractivity contribution in [3.05, 3.63) is 72.6 Å². The lowest BCUT2D eigenvalue weighted by atomic mass is 10.0. The summed E-state index contributed by atoms with van der Waals surface area (Å²) in [5.41, 5.74) is 5.83. The van der Waals surface area contributed by atoms with Gasteiger partial charge in [-0.1, -0.05) is 62.4 Å². The summed E-state index contributed by atoms with van der Waals surface area (Å²) in [6.45, 7) is 4.92. The molecular formula is C40H48N8O6. The maximum Gasteiger partial charge on any atom is 0.407 e. The van der Waals surface area contributed by atoms with E-state index in [2.05, 4.69) is 62.0 Å². The van der Waals surface area contributed by atoms with Gasteiger partial charge in [0.15, 0.2) is 0 Å². The summed E-state index contributed by atoms with van der Waals surface area (Å²) in [5, 5.41) is 14.5. The molecule has 0 spiro atoms. The normalized spacial score (nSPS) is 21.7. The number of carbonyl (C=O) groups excluding carboxylic acids is 3. The van der Waals surface area contributed by atoms with E-state index in [1.165, 1.54) is 7.11 Å². The van der Waals surface area contributed by atoms with Crippen molar-refractivity contribution >= 4 is 24.0 Å². The summed E-state index contributed by atoms with van der Waals surface area (Å²) in [6.07, 6.45) is 7.44. The molecule has 3 fully saturated rings. The van der Waals surface area contributed by atoms with Crippen LogP contribution in [0.2, 0.25) is 0 Å². The molecule has 7 rings (SSSR count). The van der Waals surface area contributed by atoms with Gasteiger partial charge in [0.1, 0.15) is 17.7 Å². The monoisotopic (exact) mass is 736 g/mol. The molecule has 0 unspecified atom stereocenters. The number of rotatable bonds is 10. The Labute approximate surface area is 314 Å². The Balaban J connectivity index is 0.978. The second kappa shape index (κ2) is 15.7. The number of nitrogens with one attached hydrogen (secondary N) is 4. The maximum atomic E-state index is 13.5. The van der Waals surface area contributed by atoms with Gasteiger partial charge in [-0.3, -0.25) is 9.59 Å². The average Bonchev–Trinajstić information content (AvgIpc) is 4.03. The third-order valence-corrected chi connectivity index (χ3v) is 11.1. The van der Waals surface area contributed by atoms with Crippen molar-refractivity contribution in [2.24, 2.45) is 11.8 Å². The Kier molecular flexibility index (Phi) is 10.7. The molecule has 1 saturated carbocycles. The van der Waals surface area contributed by atoms with Gasteiger partial charge in [0.2, 0.25) is 11.8 Å². The quantitative estimate of drug-likeness (QED) is 0.126. The minimum Gasteiger partial charge on any atom is -0.465 e. The highest BCUT2D eigenvalue weighted by Crippen LogP contribution is 2.37. The third kappa shape index (κ3) is 7.68. The molecule has 0 radical (unpaired) electrons. The lowest BCUT2D eigenvalue weighted by molar-refractivity contribution is -0.136. The molecule has 2 aromatic heterocycles. The van der Waals surface area contributed by atoms with E-state index in [0.717, 1.165) is 78.0 Å². The van der Waals surface area contributed by atoms with Gasteiger partial charge in [-0.05, 0) is 73.1 Å². The van der Waals surface area contributed by atoms with Crippen molar-refractivity contribution in [1.29, 1.82) is 0 Å². The van der Waals surface area contributed by atoms with Crippen LogP contribution < -0.4 is 10.6 Å². The number of hydrogen-bond donors (Lipinski definition) is 5. The number of hydrogen-bond acceptors (Lipinski definition) is 7. The Hall–Kier alpha value is -5.66. The molecule has 1 aliphatic carbocycles. The van der Waals surface area contributed by atoms with Gasteiger partial charge in [-0.25, -0.2) is 19.6 Å². The number of aromatic amines is 2. The van der Waals surface area contributed by atoms with Crippen molar-refractivity contribution in [3.8, 4) is 33.6 Å².